The van der Waals surface area contributed by atoms with Gasteiger partial charge < -0.3 is 4.90 Å². The molecule has 3 rings (SSSR count). The Labute approximate surface area is 138 Å². The van der Waals surface area contributed by atoms with Crippen molar-refractivity contribution in [2.24, 2.45) is 4.99 Å². The van der Waals surface area contributed by atoms with Gasteiger partial charge in [0.05, 0.1) is 17.5 Å². The van der Waals surface area contributed by atoms with Crippen molar-refractivity contribution in [1.29, 1.82) is 0 Å². The lowest BCUT2D eigenvalue weighted by atomic mass is 10.1. The van der Waals surface area contributed by atoms with Crippen LogP contribution < -0.4 is 4.90 Å². The fourth-order valence-electron chi connectivity index (χ4n) is 2.82. The van der Waals surface area contributed by atoms with E-state index in [9.17, 15) is 13.2 Å². The Hall–Kier alpha value is -1.05. The van der Waals surface area contributed by atoms with Crippen LogP contribution in [0.5, 0.6) is 0 Å². The molecule has 2 fully saturated rings. The van der Waals surface area contributed by atoms with Crippen LogP contribution in [-0.4, -0.2) is 42.3 Å². The van der Waals surface area contributed by atoms with Crippen molar-refractivity contribution in [3.8, 4) is 0 Å². The Morgan fingerprint density at radius 3 is 2.82 bits per heavy atom. The molecule has 2 heterocycles. The van der Waals surface area contributed by atoms with Crippen LogP contribution in [0.1, 0.15) is 12.5 Å². The maximum Gasteiger partial charge on any atom is 0.244 e. The molecule has 0 aliphatic carbocycles. The van der Waals surface area contributed by atoms with Crippen molar-refractivity contribution in [1.82, 2.24) is 0 Å². The summed E-state index contributed by atoms with van der Waals surface area (Å²) in [6, 6.07) is 5.25. The summed E-state index contributed by atoms with van der Waals surface area (Å²) in [6.45, 7) is 3.32. The number of aryl methyl sites for hydroxylation is 1. The summed E-state index contributed by atoms with van der Waals surface area (Å²) in [5.41, 5.74) is 1.77. The van der Waals surface area contributed by atoms with Crippen LogP contribution in [-0.2, 0) is 14.6 Å². The fraction of sp³-hybridized carbons (Fsp3) is 0.429. The van der Waals surface area contributed by atoms with Crippen molar-refractivity contribution in [3.63, 3.8) is 0 Å². The maximum absolute atomic E-state index is 11.9. The van der Waals surface area contributed by atoms with E-state index in [1.54, 1.807) is 12.1 Å². The molecule has 5 nitrogen and oxygen atoms in total. The standard InChI is InChI=1S/C14H15ClN2O3S2/c1-8-3-4-10(15)5-11(8)17-12-6-22(19,20)7-13(12)21-14(17)16-9(2)18/h3-5,12-13H,6-7H2,1-2H3. The number of amidine groups is 1. The van der Waals surface area contributed by atoms with Crippen LogP contribution >= 0.6 is 23.4 Å². The highest BCUT2D eigenvalue weighted by Gasteiger charge is 2.49. The summed E-state index contributed by atoms with van der Waals surface area (Å²) >= 11 is 7.45. The number of rotatable bonds is 1. The monoisotopic (exact) mass is 358 g/mol. The van der Waals surface area contributed by atoms with E-state index in [0.29, 0.717) is 10.2 Å². The number of hydrogen-bond acceptors (Lipinski definition) is 4. The minimum atomic E-state index is -3.06. The topological polar surface area (TPSA) is 66.8 Å². The summed E-state index contributed by atoms with van der Waals surface area (Å²) in [4.78, 5) is 17.3. The third-order valence-electron chi connectivity index (χ3n) is 3.75. The molecule has 0 bridgehead atoms. The van der Waals surface area contributed by atoms with E-state index in [1.165, 1.54) is 18.7 Å². The molecular weight excluding hydrogens is 344 g/mol. The van der Waals surface area contributed by atoms with E-state index in [2.05, 4.69) is 4.99 Å². The zero-order valence-electron chi connectivity index (χ0n) is 12.1. The van der Waals surface area contributed by atoms with E-state index >= 15 is 0 Å². The zero-order valence-corrected chi connectivity index (χ0v) is 14.5. The molecule has 8 heteroatoms. The lowest BCUT2D eigenvalue weighted by Gasteiger charge is -2.26. The van der Waals surface area contributed by atoms with Crippen molar-refractivity contribution < 1.29 is 13.2 Å². The largest absolute Gasteiger partial charge is 0.315 e. The molecule has 0 saturated carbocycles. The normalized spacial score (nSPS) is 28.1. The van der Waals surface area contributed by atoms with Gasteiger partial charge in [-0.25, -0.2) is 8.42 Å². The highest BCUT2D eigenvalue weighted by Crippen LogP contribution is 2.42. The number of amides is 1. The third kappa shape index (κ3) is 2.89. The number of anilines is 1. The minimum absolute atomic E-state index is 0.0769. The number of carbonyl (C=O) groups is 1. The van der Waals surface area contributed by atoms with Crippen LogP contribution in [0.2, 0.25) is 5.02 Å². The molecule has 2 aliphatic heterocycles. The van der Waals surface area contributed by atoms with Gasteiger partial charge in [-0.1, -0.05) is 29.4 Å². The van der Waals surface area contributed by atoms with Crippen molar-refractivity contribution >= 4 is 50.0 Å². The van der Waals surface area contributed by atoms with Crippen LogP contribution in [0.4, 0.5) is 5.69 Å². The average molecular weight is 359 g/mol. The third-order valence-corrected chi connectivity index (χ3v) is 7.20. The van der Waals surface area contributed by atoms with E-state index < -0.39 is 9.84 Å². The number of sulfone groups is 1. The zero-order chi connectivity index (χ0) is 16.1. The molecule has 2 saturated heterocycles. The number of thioether (sulfide) groups is 1. The molecular formula is C14H15ClN2O3S2. The molecule has 2 unspecified atom stereocenters. The fourth-order valence-corrected chi connectivity index (χ4v) is 6.94. The summed E-state index contributed by atoms with van der Waals surface area (Å²) in [5, 5.41) is 1.03. The first kappa shape index (κ1) is 15.8. The molecule has 1 amide bonds. The number of hydrogen-bond donors (Lipinski definition) is 0. The molecule has 0 aromatic heterocycles. The van der Waals surface area contributed by atoms with E-state index in [1.807, 2.05) is 17.9 Å². The minimum Gasteiger partial charge on any atom is -0.315 e. The van der Waals surface area contributed by atoms with Gasteiger partial charge in [0.25, 0.3) is 0 Å². The second kappa shape index (κ2) is 5.54. The molecule has 0 spiro atoms. The summed E-state index contributed by atoms with van der Waals surface area (Å²) < 4.78 is 23.9. The van der Waals surface area contributed by atoms with Gasteiger partial charge in [0, 0.05) is 22.9 Å². The van der Waals surface area contributed by atoms with Crippen LogP contribution in [0, 0.1) is 6.92 Å². The predicted octanol–water partition coefficient (Wildman–Crippen LogP) is 2.27. The van der Waals surface area contributed by atoms with E-state index in [4.69, 9.17) is 11.6 Å². The Kier molecular flexibility index (Phi) is 3.99. The number of carbonyl (C=O) groups excluding carboxylic acids is 1. The number of nitrogens with zero attached hydrogens (tertiary/aromatic N) is 2. The summed E-state index contributed by atoms with van der Waals surface area (Å²) in [5.74, 6) is -0.0989. The quantitative estimate of drug-likeness (QED) is 0.770. The molecule has 0 radical (unpaired) electrons. The van der Waals surface area contributed by atoms with Crippen molar-refractivity contribution in [2.75, 3.05) is 16.4 Å². The molecule has 2 atom stereocenters. The molecule has 118 valence electrons. The number of fused-ring (bicyclic) bond motifs is 1. The van der Waals surface area contributed by atoms with Crippen LogP contribution in [0.3, 0.4) is 0 Å². The first-order chi connectivity index (χ1) is 10.3. The van der Waals surface area contributed by atoms with Gasteiger partial charge in [0.2, 0.25) is 5.91 Å². The predicted molar refractivity (Wildman–Crippen MR) is 90.6 cm³/mol. The highest BCUT2D eigenvalue weighted by molar-refractivity contribution is 8.16. The summed E-state index contributed by atoms with van der Waals surface area (Å²) in [6.07, 6.45) is 0. The Bertz CT molecular complexity index is 776. The number of aliphatic imine (C=N–C) groups is 1. The first-order valence-corrected chi connectivity index (χ1v) is 9.86. The van der Waals surface area contributed by atoms with Gasteiger partial charge in [-0.2, -0.15) is 4.99 Å². The van der Waals surface area contributed by atoms with Crippen molar-refractivity contribution in [3.05, 3.63) is 28.8 Å². The first-order valence-electron chi connectivity index (χ1n) is 6.78. The Balaban J connectivity index is 2.10. The Morgan fingerprint density at radius 1 is 1.41 bits per heavy atom. The lowest BCUT2D eigenvalue weighted by molar-refractivity contribution is -0.115. The SMILES string of the molecule is CC(=O)N=C1SC2CS(=O)(=O)CC2N1c1cc(Cl)ccc1C. The molecule has 2 aliphatic rings. The summed E-state index contributed by atoms with van der Waals surface area (Å²) in [7, 11) is -3.06. The lowest BCUT2D eigenvalue weighted by Crippen LogP contribution is -2.38. The molecule has 22 heavy (non-hydrogen) atoms. The van der Waals surface area contributed by atoms with Crippen LogP contribution in [0.25, 0.3) is 0 Å². The average Bonchev–Trinajstić information content (AvgIpc) is 2.83. The Morgan fingerprint density at radius 2 is 2.14 bits per heavy atom. The second-order valence-electron chi connectivity index (χ2n) is 5.51. The maximum atomic E-state index is 11.9. The molecule has 1 aromatic rings. The van der Waals surface area contributed by atoms with Crippen molar-refractivity contribution in [2.45, 2.75) is 25.1 Å². The molecule has 0 N–H and O–H groups in total. The number of halogens is 1. The van der Waals surface area contributed by atoms with E-state index in [-0.39, 0.29) is 28.7 Å². The van der Waals surface area contributed by atoms with Gasteiger partial charge in [0.15, 0.2) is 15.0 Å². The highest BCUT2D eigenvalue weighted by atomic mass is 35.5. The van der Waals surface area contributed by atoms with Crippen LogP contribution in [0.15, 0.2) is 23.2 Å². The van der Waals surface area contributed by atoms with Gasteiger partial charge >= 0.3 is 0 Å². The smallest absolute Gasteiger partial charge is 0.244 e. The van der Waals surface area contributed by atoms with Gasteiger partial charge in [-0.3, -0.25) is 4.79 Å². The number of benzene rings is 1. The second-order valence-corrected chi connectivity index (χ2v) is 9.31. The van der Waals surface area contributed by atoms with Gasteiger partial charge in [-0.05, 0) is 24.6 Å². The van der Waals surface area contributed by atoms with Gasteiger partial charge in [-0.15, -0.1) is 0 Å². The van der Waals surface area contributed by atoms with E-state index in [0.717, 1.165) is 11.3 Å². The van der Waals surface area contributed by atoms with Gasteiger partial charge in [0.1, 0.15) is 0 Å². The molecule has 1 aromatic carbocycles.